The second-order valence-electron chi connectivity index (χ2n) is 3.05. The number of rotatable bonds is 2. The summed E-state index contributed by atoms with van der Waals surface area (Å²) in [6, 6.07) is 4.52. The minimum atomic E-state index is -0.457. The summed E-state index contributed by atoms with van der Waals surface area (Å²) in [7, 11) is 1.41. The SMILES string of the molecule is COc1ccc(-c2nccnc2Cl)cc1F. The number of benzene rings is 1. The number of halogens is 2. The van der Waals surface area contributed by atoms with E-state index in [2.05, 4.69) is 9.97 Å². The quantitative estimate of drug-likeness (QED) is 0.807. The highest BCUT2D eigenvalue weighted by Gasteiger charge is 2.09. The summed E-state index contributed by atoms with van der Waals surface area (Å²) in [5.41, 5.74) is 1.02. The summed E-state index contributed by atoms with van der Waals surface area (Å²) in [5, 5.41) is 0.243. The van der Waals surface area contributed by atoms with Gasteiger partial charge in [-0.1, -0.05) is 11.6 Å². The van der Waals surface area contributed by atoms with Crippen LogP contribution in [0.4, 0.5) is 4.39 Å². The molecule has 0 N–H and O–H groups in total. The molecule has 5 heteroatoms. The number of aromatic nitrogens is 2. The van der Waals surface area contributed by atoms with Crippen LogP contribution in [-0.2, 0) is 0 Å². The summed E-state index contributed by atoms with van der Waals surface area (Å²) in [5.74, 6) is -0.273. The highest BCUT2D eigenvalue weighted by atomic mass is 35.5. The van der Waals surface area contributed by atoms with Crippen LogP contribution in [0.5, 0.6) is 5.75 Å². The monoisotopic (exact) mass is 238 g/mol. The highest BCUT2D eigenvalue weighted by Crippen LogP contribution is 2.27. The van der Waals surface area contributed by atoms with Crippen LogP contribution in [0.2, 0.25) is 5.15 Å². The van der Waals surface area contributed by atoms with E-state index in [0.29, 0.717) is 11.3 Å². The average molecular weight is 239 g/mol. The molecule has 1 heterocycles. The molecule has 0 fully saturated rings. The van der Waals surface area contributed by atoms with E-state index >= 15 is 0 Å². The first-order valence-electron chi connectivity index (χ1n) is 4.53. The molecule has 3 nitrogen and oxygen atoms in total. The maximum absolute atomic E-state index is 13.5. The van der Waals surface area contributed by atoms with Gasteiger partial charge in [0.2, 0.25) is 0 Å². The van der Waals surface area contributed by atoms with E-state index in [-0.39, 0.29) is 10.9 Å². The molecule has 2 rings (SSSR count). The Morgan fingerprint density at radius 2 is 2.00 bits per heavy atom. The first-order chi connectivity index (χ1) is 7.72. The fraction of sp³-hybridized carbons (Fsp3) is 0.0909. The van der Waals surface area contributed by atoms with Gasteiger partial charge < -0.3 is 4.74 Å². The van der Waals surface area contributed by atoms with Gasteiger partial charge in [-0.15, -0.1) is 0 Å². The zero-order valence-electron chi connectivity index (χ0n) is 8.45. The fourth-order valence-electron chi connectivity index (χ4n) is 1.33. The Kier molecular flexibility index (Phi) is 3.01. The van der Waals surface area contributed by atoms with Crippen molar-refractivity contribution in [2.75, 3.05) is 7.11 Å². The third-order valence-electron chi connectivity index (χ3n) is 2.08. The van der Waals surface area contributed by atoms with Gasteiger partial charge in [0.25, 0.3) is 0 Å². The van der Waals surface area contributed by atoms with Crippen LogP contribution < -0.4 is 4.74 Å². The van der Waals surface area contributed by atoms with Crippen molar-refractivity contribution in [3.63, 3.8) is 0 Å². The third kappa shape index (κ3) is 1.97. The molecule has 0 bridgehead atoms. The van der Waals surface area contributed by atoms with Gasteiger partial charge in [-0.25, -0.2) is 9.37 Å². The molecule has 0 saturated carbocycles. The van der Waals surface area contributed by atoms with E-state index in [0.717, 1.165) is 0 Å². The molecule has 0 aliphatic heterocycles. The van der Waals surface area contributed by atoms with Crippen molar-refractivity contribution in [2.24, 2.45) is 0 Å². The number of methoxy groups -OCH3 is 1. The van der Waals surface area contributed by atoms with Gasteiger partial charge in [-0.05, 0) is 18.2 Å². The van der Waals surface area contributed by atoms with Crippen molar-refractivity contribution in [1.82, 2.24) is 9.97 Å². The van der Waals surface area contributed by atoms with E-state index in [4.69, 9.17) is 16.3 Å². The molecule has 1 aromatic heterocycles. The van der Waals surface area contributed by atoms with Crippen LogP contribution in [0.25, 0.3) is 11.3 Å². The largest absolute Gasteiger partial charge is 0.494 e. The summed E-state index contributed by atoms with van der Waals surface area (Å²) in [4.78, 5) is 7.92. The van der Waals surface area contributed by atoms with Gasteiger partial charge in [0.15, 0.2) is 16.7 Å². The molecule has 0 amide bonds. The van der Waals surface area contributed by atoms with Gasteiger partial charge in [-0.3, -0.25) is 4.98 Å². The van der Waals surface area contributed by atoms with Crippen LogP contribution in [0, 0.1) is 5.82 Å². The lowest BCUT2D eigenvalue weighted by Crippen LogP contribution is -1.91. The lowest BCUT2D eigenvalue weighted by Gasteiger charge is -2.05. The third-order valence-corrected chi connectivity index (χ3v) is 2.36. The second kappa shape index (κ2) is 4.45. The van der Waals surface area contributed by atoms with Crippen LogP contribution in [-0.4, -0.2) is 17.1 Å². The molecule has 1 aromatic carbocycles. The van der Waals surface area contributed by atoms with Crippen LogP contribution in [0.15, 0.2) is 30.6 Å². The molecule has 0 aliphatic carbocycles. The molecule has 0 spiro atoms. The average Bonchev–Trinajstić information content (AvgIpc) is 2.29. The minimum Gasteiger partial charge on any atom is -0.494 e. The zero-order valence-corrected chi connectivity index (χ0v) is 9.20. The van der Waals surface area contributed by atoms with Crippen molar-refractivity contribution < 1.29 is 9.13 Å². The fourth-order valence-corrected chi connectivity index (χ4v) is 1.54. The smallest absolute Gasteiger partial charge is 0.165 e. The van der Waals surface area contributed by atoms with Gasteiger partial charge in [-0.2, -0.15) is 0 Å². The first kappa shape index (κ1) is 10.8. The highest BCUT2D eigenvalue weighted by molar-refractivity contribution is 6.31. The predicted molar refractivity (Wildman–Crippen MR) is 59.0 cm³/mol. The Morgan fingerprint density at radius 3 is 2.62 bits per heavy atom. The molecule has 0 saturated heterocycles. The summed E-state index contributed by atoms with van der Waals surface area (Å²) >= 11 is 5.86. The number of nitrogens with zero attached hydrogens (tertiary/aromatic N) is 2. The summed E-state index contributed by atoms with van der Waals surface area (Å²) in [6.45, 7) is 0. The standard InChI is InChI=1S/C11H8ClFN2O/c1-16-9-3-2-7(6-8(9)13)10-11(12)15-5-4-14-10/h2-6H,1H3. The molecule has 0 aliphatic rings. The Balaban J connectivity index is 2.50. The van der Waals surface area contributed by atoms with Gasteiger partial charge in [0.05, 0.1) is 7.11 Å². The number of hydrogen-bond donors (Lipinski definition) is 0. The Labute approximate surface area is 96.9 Å². The van der Waals surface area contributed by atoms with E-state index in [1.807, 2.05) is 0 Å². The lowest BCUT2D eigenvalue weighted by molar-refractivity contribution is 0.386. The van der Waals surface area contributed by atoms with E-state index in [1.54, 1.807) is 6.07 Å². The van der Waals surface area contributed by atoms with Gasteiger partial charge in [0, 0.05) is 18.0 Å². The van der Waals surface area contributed by atoms with E-state index < -0.39 is 5.82 Å². The Hall–Kier alpha value is -1.68. The topological polar surface area (TPSA) is 35.0 Å². The molecule has 0 unspecified atom stereocenters. The number of ether oxygens (including phenoxy) is 1. The van der Waals surface area contributed by atoms with Gasteiger partial charge >= 0.3 is 0 Å². The molecular formula is C11H8ClFN2O. The molecule has 82 valence electrons. The van der Waals surface area contributed by atoms with Crippen LogP contribution >= 0.6 is 11.6 Å². The van der Waals surface area contributed by atoms with Crippen molar-refractivity contribution >= 4 is 11.6 Å². The van der Waals surface area contributed by atoms with Crippen molar-refractivity contribution in [1.29, 1.82) is 0 Å². The summed E-state index contributed by atoms with van der Waals surface area (Å²) in [6.07, 6.45) is 2.98. The molecular weight excluding hydrogens is 231 g/mol. The first-order valence-corrected chi connectivity index (χ1v) is 4.90. The van der Waals surface area contributed by atoms with Crippen LogP contribution in [0.3, 0.4) is 0 Å². The zero-order chi connectivity index (χ0) is 11.5. The van der Waals surface area contributed by atoms with E-state index in [1.165, 1.54) is 31.6 Å². The second-order valence-corrected chi connectivity index (χ2v) is 3.40. The van der Waals surface area contributed by atoms with Crippen LogP contribution in [0.1, 0.15) is 0 Å². The normalized spacial score (nSPS) is 10.2. The molecule has 0 radical (unpaired) electrons. The minimum absolute atomic E-state index is 0.184. The number of hydrogen-bond acceptors (Lipinski definition) is 3. The maximum atomic E-state index is 13.5. The van der Waals surface area contributed by atoms with Crippen molar-refractivity contribution in [3.8, 4) is 17.0 Å². The van der Waals surface area contributed by atoms with Crippen molar-refractivity contribution in [3.05, 3.63) is 41.6 Å². The predicted octanol–water partition coefficient (Wildman–Crippen LogP) is 2.94. The van der Waals surface area contributed by atoms with E-state index in [9.17, 15) is 4.39 Å². The lowest BCUT2D eigenvalue weighted by atomic mass is 10.1. The molecule has 0 atom stereocenters. The Morgan fingerprint density at radius 1 is 1.25 bits per heavy atom. The maximum Gasteiger partial charge on any atom is 0.165 e. The summed E-state index contributed by atoms with van der Waals surface area (Å²) < 4.78 is 18.3. The van der Waals surface area contributed by atoms with Gasteiger partial charge in [0.1, 0.15) is 5.69 Å². The van der Waals surface area contributed by atoms with Crippen molar-refractivity contribution in [2.45, 2.75) is 0 Å². The molecule has 16 heavy (non-hydrogen) atoms. The molecule has 2 aromatic rings. The Bertz CT molecular complexity index is 519.